The summed E-state index contributed by atoms with van der Waals surface area (Å²) in [7, 11) is 1.56. The predicted molar refractivity (Wildman–Crippen MR) is 142 cm³/mol. The minimum Gasteiger partial charge on any atom is -0.493 e. The van der Waals surface area contributed by atoms with E-state index in [1.54, 1.807) is 31.5 Å². The number of nitrogens with two attached hydrogens (primary N) is 1. The number of nitrogens with zero attached hydrogens (tertiary/aromatic N) is 2. The van der Waals surface area contributed by atoms with Gasteiger partial charge in [0.2, 0.25) is 0 Å². The second-order valence-corrected chi connectivity index (χ2v) is 9.23. The second kappa shape index (κ2) is 12.6. The average Bonchev–Trinajstić information content (AvgIpc) is 2.93. The minimum atomic E-state index is -1.10. The number of hydrogen-bond acceptors (Lipinski definition) is 7. The van der Waals surface area contributed by atoms with Crippen LogP contribution in [0.1, 0.15) is 32.6 Å². The molecule has 3 N–H and O–H groups in total. The summed E-state index contributed by atoms with van der Waals surface area (Å²) in [4.78, 5) is 29.4. The van der Waals surface area contributed by atoms with Crippen LogP contribution in [0.15, 0.2) is 42.6 Å². The molecular weight excluding hydrogens is 491 g/mol. The van der Waals surface area contributed by atoms with Gasteiger partial charge >= 0.3 is 11.8 Å². The molecule has 1 aliphatic heterocycles. The van der Waals surface area contributed by atoms with E-state index in [0.717, 1.165) is 38.4 Å². The van der Waals surface area contributed by atoms with Gasteiger partial charge in [-0.1, -0.05) is 13.3 Å². The van der Waals surface area contributed by atoms with Crippen molar-refractivity contribution in [2.75, 3.05) is 38.3 Å². The number of primary amides is 1. The molecule has 1 fully saturated rings. The van der Waals surface area contributed by atoms with Crippen LogP contribution in [-0.4, -0.2) is 50.1 Å². The molecule has 1 aromatic heterocycles. The van der Waals surface area contributed by atoms with E-state index in [2.05, 4.69) is 10.3 Å². The van der Waals surface area contributed by atoms with Crippen molar-refractivity contribution in [3.8, 4) is 23.0 Å². The number of carbonyl (C=O) groups excluding carboxylic acids is 2. The van der Waals surface area contributed by atoms with E-state index in [1.807, 2.05) is 6.92 Å². The molecule has 4 rings (SSSR count). The number of aromatic nitrogens is 1. The van der Waals surface area contributed by atoms with Gasteiger partial charge in [0.1, 0.15) is 5.75 Å². The van der Waals surface area contributed by atoms with Crippen LogP contribution in [0.3, 0.4) is 0 Å². The largest absolute Gasteiger partial charge is 0.493 e. The number of benzene rings is 2. The van der Waals surface area contributed by atoms with Crippen LogP contribution in [0.25, 0.3) is 10.9 Å². The van der Waals surface area contributed by atoms with E-state index in [0.29, 0.717) is 47.1 Å². The molecule has 2 amide bonds. The second-order valence-electron chi connectivity index (χ2n) is 9.23. The van der Waals surface area contributed by atoms with E-state index in [-0.39, 0.29) is 18.0 Å². The molecule has 1 aliphatic rings. The number of pyridine rings is 1. The highest BCUT2D eigenvalue weighted by molar-refractivity contribution is 6.39. The standard InChI is InChI=1S/C28H33FN4O5/c1-3-4-13-33(28(35)27(30)34)19-5-6-24(21(29)14-19)38-23-9-12-32-22-16-26(25(36-2)15-20(22)23)37-17-18-7-10-31-11-8-18/h5-6,9,12,14-16,18,31H,3-4,7-8,10-11,13,17H2,1-2H3,(H2,30,34). The van der Waals surface area contributed by atoms with E-state index >= 15 is 4.39 Å². The van der Waals surface area contributed by atoms with E-state index < -0.39 is 17.6 Å². The Bertz CT molecular complexity index is 1300. The molecule has 3 aromatic rings. The van der Waals surface area contributed by atoms with Crippen molar-refractivity contribution in [2.45, 2.75) is 32.6 Å². The summed E-state index contributed by atoms with van der Waals surface area (Å²) >= 11 is 0. The Kier molecular flexibility index (Phi) is 8.96. The molecule has 202 valence electrons. The Morgan fingerprint density at radius 1 is 1.11 bits per heavy atom. The number of methoxy groups -OCH3 is 1. The first-order valence-electron chi connectivity index (χ1n) is 12.8. The lowest BCUT2D eigenvalue weighted by atomic mass is 9.99. The van der Waals surface area contributed by atoms with Gasteiger partial charge in [0.25, 0.3) is 0 Å². The number of amides is 2. The molecule has 10 heteroatoms. The van der Waals surface area contributed by atoms with E-state index in [4.69, 9.17) is 19.9 Å². The smallest absolute Gasteiger partial charge is 0.316 e. The Balaban J connectivity index is 1.58. The lowest BCUT2D eigenvalue weighted by molar-refractivity contribution is -0.135. The van der Waals surface area contributed by atoms with Gasteiger partial charge in [0.05, 0.1) is 19.2 Å². The van der Waals surface area contributed by atoms with Gasteiger partial charge in [-0.25, -0.2) is 4.39 Å². The lowest BCUT2D eigenvalue weighted by Gasteiger charge is -2.23. The van der Waals surface area contributed by atoms with Crippen molar-refractivity contribution in [1.82, 2.24) is 10.3 Å². The average molecular weight is 525 g/mol. The Morgan fingerprint density at radius 3 is 2.58 bits per heavy atom. The van der Waals surface area contributed by atoms with Gasteiger partial charge in [-0.2, -0.15) is 0 Å². The zero-order valence-electron chi connectivity index (χ0n) is 21.7. The SMILES string of the molecule is CCCCN(C(=O)C(N)=O)c1ccc(Oc2ccnc3cc(OCC4CCNCC4)c(OC)cc23)c(F)c1. The minimum absolute atomic E-state index is 0.0478. The number of ether oxygens (including phenoxy) is 3. The van der Waals surface area contributed by atoms with Crippen molar-refractivity contribution in [3.63, 3.8) is 0 Å². The third-order valence-corrected chi connectivity index (χ3v) is 6.56. The molecular formula is C28H33FN4O5. The third kappa shape index (κ3) is 6.31. The van der Waals surface area contributed by atoms with Crippen LogP contribution in [0.2, 0.25) is 0 Å². The van der Waals surface area contributed by atoms with Crippen molar-refractivity contribution in [3.05, 3.63) is 48.4 Å². The molecule has 1 saturated heterocycles. The molecule has 0 aliphatic carbocycles. The molecule has 0 radical (unpaired) electrons. The first kappa shape index (κ1) is 27.1. The van der Waals surface area contributed by atoms with Gasteiger partial charge < -0.3 is 30.2 Å². The molecule has 0 atom stereocenters. The number of anilines is 1. The zero-order chi connectivity index (χ0) is 27.1. The van der Waals surface area contributed by atoms with Crippen LogP contribution in [0.5, 0.6) is 23.0 Å². The summed E-state index contributed by atoms with van der Waals surface area (Å²) in [5, 5.41) is 3.97. The summed E-state index contributed by atoms with van der Waals surface area (Å²) < 4.78 is 32.7. The predicted octanol–water partition coefficient (Wildman–Crippen LogP) is 4.17. The quantitative estimate of drug-likeness (QED) is 0.383. The number of rotatable bonds is 10. The normalized spacial score (nSPS) is 13.8. The van der Waals surface area contributed by atoms with Crippen molar-refractivity contribution < 1.29 is 28.2 Å². The molecule has 9 nitrogen and oxygen atoms in total. The fraction of sp³-hybridized carbons (Fsp3) is 0.393. The van der Waals surface area contributed by atoms with Gasteiger partial charge in [-0.3, -0.25) is 14.6 Å². The number of fused-ring (bicyclic) bond motifs is 1. The Hall–Kier alpha value is -3.92. The van der Waals surface area contributed by atoms with E-state index in [9.17, 15) is 9.59 Å². The van der Waals surface area contributed by atoms with Gasteiger partial charge in [0, 0.05) is 35.9 Å². The molecule has 0 bridgehead atoms. The number of nitrogens with one attached hydrogen (secondary N) is 1. The fourth-order valence-corrected chi connectivity index (χ4v) is 4.40. The first-order valence-corrected chi connectivity index (χ1v) is 12.8. The van der Waals surface area contributed by atoms with Crippen LogP contribution < -0.4 is 30.2 Å². The third-order valence-electron chi connectivity index (χ3n) is 6.56. The highest BCUT2D eigenvalue weighted by Gasteiger charge is 2.22. The number of unbranched alkanes of at least 4 members (excludes halogenated alkanes) is 1. The number of carbonyl (C=O) groups is 2. The number of hydrogen-bond donors (Lipinski definition) is 2. The highest BCUT2D eigenvalue weighted by atomic mass is 19.1. The Morgan fingerprint density at radius 2 is 1.89 bits per heavy atom. The maximum atomic E-state index is 15.1. The molecule has 2 heterocycles. The first-order chi connectivity index (χ1) is 18.4. The molecule has 2 aromatic carbocycles. The van der Waals surface area contributed by atoms with Crippen LogP contribution in [-0.2, 0) is 9.59 Å². The van der Waals surface area contributed by atoms with Crippen molar-refractivity contribution in [2.24, 2.45) is 11.7 Å². The monoisotopic (exact) mass is 524 g/mol. The zero-order valence-corrected chi connectivity index (χ0v) is 21.7. The van der Waals surface area contributed by atoms with Crippen LogP contribution in [0, 0.1) is 11.7 Å². The molecule has 0 unspecified atom stereocenters. The van der Waals surface area contributed by atoms with Crippen LogP contribution >= 0.6 is 0 Å². The van der Waals surface area contributed by atoms with Gasteiger partial charge in [0.15, 0.2) is 23.1 Å². The highest BCUT2D eigenvalue weighted by Crippen LogP contribution is 2.38. The van der Waals surface area contributed by atoms with Gasteiger partial charge in [-0.05, 0) is 62.5 Å². The fourth-order valence-electron chi connectivity index (χ4n) is 4.40. The summed E-state index contributed by atoms with van der Waals surface area (Å²) in [6, 6.07) is 9.28. The van der Waals surface area contributed by atoms with Crippen LogP contribution in [0.4, 0.5) is 10.1 Å². The molecule has 0 spiro atoms. The van der Waals surface area contributed by atoms with Gasteiger partial charge in [-0.15, -0.1) is 0 Å². The maximum absolute atomic E-state index is 15.1. The topological polar surface area (TPSA) is 116 Å². The Labute approximate surface area is 221 Å². The molecule has 38 heavy (non-hydrogen) atoms. The number of piperidine rings is 1. The summed E-state index contributed by atoms with van der Waals surface area (Å²) in [6.07, 6.45) is 5.11. The summed E-state index contributed by atoms with van der Waals surface area (Å²) in [5.41, 5.74) is 6.02. The molecule has 0 saturated carbocycles. The van der Waals surface area contributed by atoms with E-state index in [1.165, 1.54) is 17.0 Å². The lowest BCUT2D eigenvalue weighted by Crippen LogP contribution is -2.41. The number of halogens is 1. The summed E-state index contributed by atoms with van der Waals surface area (Å²) in [6.45, 7) is 4.75. The maximum Gasteiger partial charge on any atom is 0.316 e. The summed E-state index contributed by atoms with van der Waals surface area (Å²) in [5.74, 6) is -0.771. The van der Waals surface area contributed by atoms with Crippen molar-refractivity contribution >= 4 is 28.4 Å². The van der Waals surface area contributed by atoms with Crippen molar-refractivity contribution in [1.29, 1.82) is 0 Å².